The SMILES string of the molecule is COC(C)C(=O)N1CCSCC1C(=O)O. The maximum absolute atomic E-state index is 11.8. The molecule has 0 bridgehead atoms. The Hall–Kier alpha value is -0.750. The molecule has 0 aliphatic carbocycles. The summed E-state index contributed by atoms with van der Waals surface area (Å²) in [4.78, 5) is 24.1. The van der Waals surface area contributed by atoms with Gasteiger partial charge in [0.25, 0.3) is 5.91 Å². The fraction of sp³-hybridized carbons (Fsp3) is 0.778. The third kappa shape index (κ3) is 2.85. The minimum absolute atomic E-state index is 0.245. The zero-order chi connectivity index (χ0) is 11.4. The van der Waals surface area contributed by atoms with Gasteiger partial charge in [-0.3, -0.25) is 4.79 Å². The molecule has 1 fully saturated rings. The van der Waals surface area contributed by atoms with Crippen molar-refractivity contribution in [1.82, 2.24) is 4.90 Å². The molecule has 1 N–H and O–H groups in total. The van der Waals surface area contributed by atoms with Crippen molar-refractivity contribution in [2.24, 2.45) is 0 Å². The van der Waals surface area contributed by atoms with Crippen molar-refractivity contribution < 1.29 is 19.4 Å². The fourth-order valence-corrected chi connectivity index (χ4v) is 2.44. The molecule has 15 heavy (non-hydrogen) atoms. The molecule has 0 radical (unpaired) electrons. The normalized spacial score (nSPS) is 23.6. The Labute approximate surface area is 92.8 Å². The van der Waals surface area contributed by atoms with Crippen LogP contribution in [-0.4, -0.2) is 59.2 Å². The summed E-state index contributed by atoms with van der Waals surface area (Å²) in [5.41, 5.74) is 0. The summed E-state index contributed by atoms with van der Waals surface area (Å²) in [5, 5.41) is 8.96. The number of carbonyl (C=O) groups is 2. The largest absolute Gasteiger partial charge is 0.480 e. The van der Waals surface area contributed by atoms with E-state index in [1.807, 2.05) is 0 Å². The van der Waals surface area contributed by atoms with Crippen LogP contribution < -0.4 is 0 Å². The average molecular weight is 233 g/mol. The zero-order valence-corrected chi connectivity index (χ0v) is 9.62. The van der Waals surface area contributed by atoms with E-state index in [0.717, 1.165) is 5.75 Å². The van der Waals surface area contributed by atoms with Gasteiger partial charge >= 0.3 is 5.97 Å². The van der Waals surface area contributed by atoms with Gasteiger partial charge in [-0.05, 0) is 6.92 Å². The molecule has 0 aromatic heterocycles. The number of aliphatic carboxylic acids is 1. The fourth-order valence-electron chi connectivity index (χ4n) is 1.41. The van der Waals surface area contributed by atoms with Gasteiger partial charge in [-0.15, -0.1) is 0 Å². The highest BCUT2D eigenvalue weighted by Gasteiger charge is 2.34. The van der Waals surface area contributed by atoms with Gasteiger partial charge in [-0.2, -0.15) is 11.8 Å². The quantitative estimate of drug-likeness (QED) is 0.746. The summed E-state index contributed by atoms with van der Waals surface area (Å²) >= 11 is 1.56. The number of amides is 1. The van der Waals surface area contributed by atoms with Gasteiger partial charge in [0.15, 0.2) is 0 Å². The first-order chi connectivity index (χ1) is 7.07. The standard InChI is InChI=1S/C9H15NO4S/c1-6(14-2)8(11)10-3-4-15-5-7(10)9(12)13/h6-7H,3-5H2,1-2H3,(H,12,13). The first-order valence-electron chi connectivity index (χ1n) is 4.71. The number of ether oxygens (including phenoxy) is 1. The van der Waals surface area contributed by atoms with E-state index in [1.165, 1.54) is 12.0 Å². The van der Waals surface area contributed by atoms with Crippen LogP contribution in [0.5, 0.6) is 0 Å². The molecule has 1 aliphatic rings. The summed E-state index contributed by atoms with van der Waals surface area (Å²) in [6.07, 6.45) is -0.574. The second kappa shape index (κ2) is 5.37. The van der Waals surface area contributed by atoms with Crippen molar-refractivity contribution in [1.29, 1.82) is 0 Å². The summed E-state index contributed by atoms with van der Waals surface area (Å²) < 4.78 is 4.90. The lowest BCUT2D eigenvalue weighted by atomic mass is 10.2. The van der Waals surface area contributed by atoms with Crippen LogP contribution in [0.15, 0.2) is 0 Å². The van der Waals surface area contributed by atoms with E-state index in [2.05, 4.69) is 0 Å². The van der Waals surface area contributed by atoms with E-state index in [0.29, 0.717) is 12.3 Å². The molecule has 0 aromatic rings. The van der Waals surface area contributed by atoms with Crippen LogP contribution in [0.1, 0.15) is 6.92 Å². The highest BCUT2D eigenvalue weighted by molar-refractivity contribution is 7.99. The Bertz CT molecular complexity index is 258. The number of carbonyl (C=O) groups excluding carboxylic acids is 1. The molecule has 1 aliphatic heterocycles. The van der Waals surface area contributed by atoms with Crippen LogP contribution >= 0.6 is 11.8 Å². The Morgan fingerprint density at radius 2 is 2.27 bits per heavy atom. The van der Waals surface area contributed by atoms with E-state index < -0.39 is 18.1 Å². The van der Waals surface area contributed by atoms with E-state index in [-0.39, 0.29) is 5.91 Å². The van der Waals surface area contributed by atoms with Crippen molar-refractivity contribution in [2.45, 2.75) is 19.1 Å². The molecule has 5 nitrogen and oxygen atoms in total. The van der Waals surface area contributed by atoms with E-state index in [1.54, 1.807) is 18.7 Å². The number of methoxy groups -OCH3 is 1. The summed E-state index contributed by atoms with van der Waals surface area (Å²) in [7, 11) is 1.44. The van der Waals surface area contributed by atoms with Crippen LogP contribution in [0, 0.1) is 0 Å². The smallest absolute Gasteiger partial charge is 0.327 e. The Kier molecular flexibility index (Phi) is 4.41. The molecule has 6 heteroatoms. The molecule has 1 amide bonds. The van der Waals surface area contributed by atoms with Gasteiger partial charge < -0.3 is 14.7 Å². The molecule has 2 unspecified atom stereocenters. The van der Waals surface area contributed by atoms with Crippen LogP contribution in [0.3, 0.4) is 0 Å². The third-order valence-electron chi connectivity index (χ3n) is 2.40. The molecular formula is C9H15NO4S. The highest BCUT2D eigenvalue weighted by Crippen LogP contribution is 2.18. The summed E-state index contributed by atoms with van der Waals surface area (Å²) in [6.45, 7) is 2.11. The minimum atomic E-state index is -0.946. The molecule has 1 heterocycles. The predicted octanol–water partition coefficient (Wildman–Crippen LogP) is 0.0499. The predicted molar refractivity (Wildman–Crippen MR) is 56.9 cm³/mol. The first-order valence-corrected chi connectivity index (χ1v) is 5.87. The van der Waals surface area contributed by atoms with E-state index >= 15 is 0 Å². The molecule has 1 saturated heterocycles. The van der Waals surface area contributed by atoms with Crippen molar-refractivity contribution in [3.8, 4) is 0 Å². The van der Waals surface area contributed by atoms with Crippen molar-refractivity contribution in [3.63, 3.8) is 0 Å². The van der Waals surface area contributed by atoms with Gasteiger partial charge in [-0.25, -0.2) is 4.79 Å². The lowest BCUT2D eigenvalue weighted by Gasteiger charge is -2.33. The Balaban J connectivity index is 2.71. The molecule has 0 saturated carbocycles. The number of nitrogens with zero attached hydrogens (tertiary/aromatic N) is 1. The summed E-state index contributed by atoms with van der Waals surface area (Å²) in [5.74, 6) is 0.0489. The minimum Gasteiger partial charge on any atom is -0.480 e. The van der Waals surface area contributed by atoms with Crippen LogP contribution in [0.2, 0.25) is 0 Å². The number of hydrogen-bond donors (Lipinski definition) is 1. The number of hydrogen-bond acceptors (Lipinski definition) is 4. The molecule has 0 aromatic carbocycles. The molecule has 0 spiro atoms. The van der Waals surface area contributed by atoms with Crippen molar-refractivity contribution in [3.05, 3.63) is 0 Å². The van der Waals surface area contributed by atoms with Crippen molar-refractivity contribution >= 4 is 23.6 Å². The molecular weight excluding hydrogens is 218 g/mol. The molecule has 86 valence electrons. The van der Waals surface area contributed by atoms with Crippen LogP contribution in [0.4, 0.5) is 0 Å². The molecule has 2 atom stereocenters. The first kappa shape index (κ1) is 12.3. The number of thioether (sulfide) groups is 1. The monoisotopic (exact) mass is 233 g/mol. The maximum Gasteiger partial charge on any atom is 0.327 e. The maximum atomic E-state index is 11.8. The van der Waals surface area contributed by atoms with Gasteiger partial charge in [0.1, 0.15) is 12.1 Å². The number of carboxylic acid groups (broad SMARTS) is 1. The Morgan fingerprint density at radius 3 is 2.80 bits per heavy atom. The second-order valence-electron chi connectivity index (χ2n) is 3.34. The average Bonchev–Trinajstić information content (AvgIpc) is 2.27. The van der Waals surface area contributed by atoms with Crippen LogP contribution in [0.25, 0.3) is 0 Å². The van der Waals surface area contributed by atoms with Gasteiger partial charge in [-0.1, -0.05) is 0 Å². The van der Waals surface area contributed by atoms with E-state index in [9.17, 15) is 9.59 Å². The van der Waals surface area contributed by atoms with Gasteiger partial charge in [0.05, 0.1) is 0 Å². The lowest BCUT2D eigenvalue weighted by molar-refractivity contribution is -0.153. The second-order valence-corrected chi connectivity index (χ2v) is 4.49. The van der Waals surface area contributed by atoms with E-state index in [4.69, 9.17) is 9.84 Å². The zero-order valence-electron chi connectivity index (χ0n) is 8.80. The molecule has 1 rings (SSSR count). The van der Waals surface area contributed by atoms with Gasteiger partial charge in [0.2, 0.25) is 0 Å². The van der Waals surface area contributed by atoms with Crippen molar-refractivity contribution in [2.75, 3.05) is 25.2 Å². The number of carboxylic acids is 1. The highest BCUT2D eigenvalue weighted by atomic mass is 32.2. The number of rotatable bonds is 3. The topological polar surface area (TPSA) is 66.8 Å². The summed E-state index contributed by atoms with van der Waals surface area (Å²) in [6, 6.07) is -0.714. The van der Waals surface area contributed by atoms with Crippen LogP contribution in [-0.2, 0) is 14.3 Å². The lowest BCUT2D eigenvalue weighted by Crippen LogP contribution is -2.53. The van der Waals surface area contributed by atoms with Gasteiger partial charge in [0, 0.05) is 25.2 Å². The third-order valence-corrected chi connectivity index (χ3v) is 3.42. The Morgan fingerprint density at radius 1 is 1.60 bits per heavy atom.